The number of halogens is 1. The van der Waals surface area contributed by atoms with Gasteiger partial charge in [0.2, 0.25) is 5.82 Å². The Bertz CT molecular complexity index is 806. The van der Waals surface area contributed by atoms with Crippen molar-refractivity contribution in [1.82, 2.24) is 0 Å². The number of sulfonamides is 1. The molecule has 2 rings (SSSR count). The van der Waals surface area contributed by atoms with Crippen LogP contribution in [0.1, 0.15) is 5.56 Å². The summed E-state index contributed by atoms with van der Waals surface area (Å²) in [6, 6.07) is 9.38. The van der Waals surface area contributed by atoms with E-state index >= 15 is 0 Å². The van der Waals surface area contributed by atoms with Gasteiger partial charge in [-0.2, -0.15) is 4.39 Å². The average Bonchev–Trinajstić information content (AvgIpc) is 2.37. The van der Waals surface area contributed by atoms with Gasteiger partial charge >= 0.3 is 5.69 Å². The molecule has 0 spiro atoms. The van der Waals surface area contributed by atoms with Gasteiger partial charge in [-0.15, -0.1) is 0 Å². The molecule has 2 aromatic carbocycles. The van der Waals surface area contributed by atoms with Crippen LogP contribution in [0.3, 0.4) is 0 Å². The molecule has 0 aromatic heterocycles. The van der Waals surface area contributed by atoms with Gasteiger partial charge in [-0.05, 0) is 36.8 Å². The molecule has 0 fully saturated rings. The zero-order valence-corrected chi connectivity index (χ0v) is 11.7. The maximum absolute atomic E-state index is 13.5. The number of nitro groups is 1. The number of anilines is 1. The lowest BCUT2D eigenvalue weighted by atomic mass is 10.2. The molecule has 0 aliphatic heterocycles. The molecule has 0 bridgehead atoms. The van der Waals surface area contributed by atoms with Crippen molar-refractivity contribution in [3.05, 3.63) is 64.0 Å². The number of aryl methyl sites for hydroxylation is 1. The highest BCUT2D eigenvalue weighted by molar-refractivity contribution is 7.92. The number of hydrogen-bond donors (Lipinski definition) is 1. The van der Waals surface area contributed by atoms with Crippen LogP contribution >= 0.6 is 0 Å². The highest BCUT2D eigenvalue weighted by atomic mass is 32.2. The second-order valence-electron chi connectivity index (χ2n) is 4.32. The summed E-state index contributed by atoms with van der Waals surface area (Å²) < 4.78 is 40.1. The Morgan fingerprint density at radius 2 is 1.86 bits per heavy atom. The Morgan fingerprint density at radius 1 is 1.19 bits per heavy atom. The fourth-order valence-corrected chi connectivity index (χ4v) is 3.04. The molecule has 0 saturated carbocycles. The van der Waals surface area contributed by atoms with Crippen LogP contribution in [0.25, 0.3) is 0 Å². The van der Waals surface area contributed by atoms with Crippen LogP contribution in [0.4, 0.5) is 15.8 Å². The number of nitrogens with one attached hydrogen (secondary N) is 1. The molecular weight excluding hydrogens is 299 g/mol. The van der Waals surface area contributed by atoms with E-state index in [4.69, 9.17) is 0 Å². The van der Waals surface area contributed by atoms with Crippen LogP contribution in [0.5, 0.6) is 0 Å². The zero-order chi connectivity index (χ0) is 15.6. The number of para-hydroxylation sites is 1. The van der Waals surface area contributed by atoms with Crippen molar-refractivity contribution in [1.29, 1.82) is 0 Å². The van der Waals surface area contributed by atoms with Gasteiger partial charge in [0, 0.05) is 5.69 Å². The predicted molar refractivity (Wildman–Crippen MR) is 75.0 cm³/mol. The summed E-state index contributed by atoms with van der Waals surface area (Å²) in [6.07, 6.45) is 0. The summed E-state index contributed by atoms with van der Waals surface area (Å²) in [4.78, 5) is 9.10. The molecule has 0 atom stereocenters. The first-order valence-electron chi connectivity index (χ1n) is 5.83. The fraction of sp³-hybridized carbons (Fsp3) is 0.0769. The van der Waals surface area contributed by atoms with E-state index < -0.39 is 31.3 Å². The topological polar surface area (TPSA) is 89.3 Å². The van der Waals surface area contributed by atoms with Crippen molar-refractivity contribution in [2.45, 2.75) is 11.8 Å². The van der Waals surface area contributed by atoms with Crippen molar-refractivity contribution >= 4 is 21.4 Å². The van der Waals surface area contributed by atoms with E-state index in [1.54, 1.807) is 25.1 Å². The van der Waals surface area contributed by atoms with Crippen molar-refractivity contribution in [3.8, 4) is 0 Å². The number of nitrogens with zero attached hydrogens (tertiary/aromatic N) is 1. The zero-order valence-electron chi connectivity index (χ0n) is 10.9. The quantitative estimate of drug-likeness (QED) is 0.694. The maximum Gasteiger partial charge on any atom is 0.325 e. The molecule has 0 radical (unpaired) electrons. The molecule has 0 heterocycles. The van der Waals surface area contributed by atoms with E-state index in [1.807, 2.05) is 0 Å². The Balaban J connectivity index is 2.50. The first kappa shape index (κ1) is 14.9. The van der Waals surface area contributed by atoms with Crippen molar-refractivity contribution in [2.75, 3.05) is 4.72 Å². The third-order valence-electron chi connectivity index (χ3n) is 2.69. The number of nitro benzene ring substituents is 1. The van der Waals surface area contributed by atoms with Gasteiger partial charge in [-0.25, -0.2) is 8.42 Å². The number of hydrogen-bond acceptors (Lipinski definition) is 4. The SMILES string of the molecule is Cc1cccc(NS(=O)(=O)c2cccc(F)c2[N+](=O)[O-])c1. The van der Waals surface area contributed by atoms with E-state index in [9.17, 15) is 22.9 Å². The summed E-state index contributed by atoms with van der Waals surface area (Å²) in [5, 5.41) is 10.9. The van der Waals surface area contributed by atoms with E-state index in [1.165, 1.54) is 6.07 Å². The lowest BCUT2D eigenvalue weighted by Crippen LogP contribution is -2.15. The largest absolute Gasteiger partial charge is 0.325 e. The van der Waals surface area contributed by atoms with E-state index in [2.05, 4.69) is 4.72 Å². The van der Waals surface area contributed by atoms with E-state index in [0.717, 1.165) is 23.8 Å². The molecule has 8 heteroatoms. The van der Waals surface area contributed by atoms with Gasteiger partial charge in [0.25, 0.3) is 10.0 Å². The van der Waals surface area contributed by atoms with Gasteiger partial charge in [0.05, 0.1) is 4.92 Å². The van der Waals surface area contributed by atoms with Crippen LogP contribution in [-0.4, -0.2) is 13.3 Å². The molecular formula is C13H11FN2O4S. The molecule has 0 aliphatic rings. The molecule has 0 aliphatic carbocycles. The fourth-order valence-electron chi connectivity index (χ4n) is 1.81. The Labute approximate surface area is 120 Å². The summed E-state index contributed by atoms with van der Waals surface area (Å²) in [5.74, 6) is -1.20. The highest BCUT2D eigenvalue weighted by Gasteiger charge is 2.29. The summed E-state index contributed by atoms with van der Waals surface area (Å²) in [5.41, 5.74) is -0.0184. The molecule has 1 N–H and O–H groups in total. The van der Waals surface area contributed by atoms with Crippen LogP contribution < -0.4 is 4.72 Å². The number of rotatable bonds is 4. The molecule has 110 valence electrons. The molecule has 0 saturated heterocycles. The Hall–Kier alpha value is -2.48. The molecule has 0 unspecified atom stereocenters. The minimum atomic E-state index is -4.26. The predicted octanol–water partition coefficient (Wildman–Crippen LogP) is 2.84. The van der Waals surface area contributed by atoms with Gasteiger partial charge in [-0.3, -0.25) is 14.8 Å². The monoisotopic (exact) mass is 310 g/mol. The standard InChI is InChI=1S/C13H11FN2O4S/c1-9-4-2-5-10(8-9)15-21(19,20)12-7-3-6-11(14)13(12)16(17)18/h2-8,15H,1H3. The third kappa shape index (κ3) is 3.16. The summed E-state index contributed by atoms with van der Waals surface area (Å²) >= 11 is 0. The van der Waals surface area contributed by atoms with Crippen molar-refractivity contribution in [2.24, 2.45) is 0 Å². The van der Waals surface area contributed by atoms with Crippen molar-refractivity contribution in [3.63, 3.8) is 0 Å². The van der Waals surface area contributed by atoms with Crippen LogP contribution in [0.2, 0.25) is 0 Å². The second-order valence-corrected chi connectivity index (χ2v) is 5.97. The van der Waals surface area contributed by atoms with Crippen molar-refractivity contribution < 1.29 is 17.7 Å². The summed E-state index contributed by atoms with van der Waals surface area (Å²) in [7, 11) is -4.26. The molecule has 6 nitrogen and oxygen atoms in total. The maximum atomic E-state index is 13.5. The summed E-state index contributed by atoms with van der Waals surface area (Å²) in [6.45, 7) is 1.77. The van der Waals surface area contributed by atoms with E-state index in [0.29, 0.717) is 0 Å². The lowest BCUT2D eigenvalue weighted by Gasteiger charge is -2.09. The number of benzene rings is 2. The minimum absolute atomic E-state index is 0.244. The Morgan fingerprint density at radius 3 is 2.48 bits per heavy atom. The first-order valence-corrected chi connectivity index (χ1v) is 7.32. The van der Waals surface area contributed by atoms with Gasteiger partial charge in [0.15, 0.2) is 4.90 Å². The molecule has 0 amide bonds. The Kier molecular flexibility index (Phi) is 3.90. The van der Waals surface area contributed by atoms with Crippen LogP contribution in [-0.2, 0) is 10.0 Å². The normalized spacial score (nSPS) is 11.1. The smallest absolute Gasteiger partial charge is 0.279 e. The van der Waals surface area contributed by atoms with Gasteiger partial charge < -0.3 is 0 Å². The van der Waals surface area contributed by atoms with E-state index in [-0.39, 0.29) is 5.69 Å². The van der Waals surface area contributed by atoms with Gasteiger partial charge in [-0.1, -0.05) is 18.2 Å². The minimum Gasteiger partial charge on any atom is -0.279 e. The van der Waals surface area contributed by atoms with Crippen LogP contribution in [0, 0.1) is 22.9 Å². The lowest BCUT2D eigenvalue weighted by molar-refractivity contribution is -0.390. The second kappa shape index (κ2) is 5.49. The third-order valence-corrected chi connectivity index (χ3v) is 4.11. The van der Waals surface area contributed by atoms with Crippen LogP contribution in [0.15, 0.2) is 47.4 Å². The molecule has 2 aromatic rings. The first-order chi connectivity index (χ1) is 9.81. The average molecular weight is 310 g/mol. The molecule has 21 heavy (non-hydrogen) atoms. The highest BCUT2D eigenvalue weighted by Crippen LogP contribution is 2.28. The van der Waals surface area contributed by atoms with Gasteiger partial charge in [0.1, 0.15) is 0 Å².